The van der Waals surface area contributed by atoms with Crippen LogP contribution in [0.1, 0.15) is 86.0 Å². The SMILES string of the molecule is CC(C)(C)n1c2c(c(O)c(C(=O)Nc3ccc(C4CCCCC4)cc3)c1=O)CN(C(=O)O)CC2. The predicted molar refractivity (Wildman–Crippen MR) is 130 cm³/mol. The van der Waals surface area contributed by atoms with Gasteiger partial charge in [-0.3, -0.25) is 9.59 Å². The summed E-state index contributed by atoms with van der Waals surface area (Å²) in [6.07, 6.45) is 5.28. The number of hydrogen-bond acceptors (Lipinski definition) is 4. The summed E-state index contributed by atoms with van der Waals surface area (Å²) in [7, 11) is 0. The Morgan fingerprint density at radius 1 is 1.06 bits per heavy atom. The van der Waals surface area contributed by atoms with Crippen LogP contribution < -0.4 is 10.9 Å². The van der Waals surface area contributed by atoms with Crippen molar-refractivity contribution in [2.24, 2.45) is 0 Å². The van der Waals surface area contributed by atoms with E-state index in [1.165, 1.54) is 47.1 Å². The molecule has 8 nitrogen and oxygen atoms in total. The van der Waals surface area contributed by atoms with E-state index in [4.69, 9.17) is 0 Å². The minimum absolute atomic E-state index is 0.0801. The average molecular weight is 468 g/mol. The first-order valence-corrected chi connectivity index (χ1v) is 12.0. The van der Waals surface area contributed by atoms with Gasteiger partial charge in [0.2, 0.25) is 0 Å². The van der Waals surface area contributed by atoms with Crippen LogP contribution in [-0.2, 0) is 18.5 Å². The summed E-state index contributed by atoms with van der Waals surface area (Å²) in [5.41, 5.74) is 1.06. The fourth-order valence-electron chi connectivity index (χ4n) is 5.24. The highest BCUT2D eigenvalue weighted by molar-refractivity contribution is 6.06. The Morgan fingerprint density at radius 3 is 2.29 bits per heavy atom. The average Bonchev–Trinajstić information content (AvgIpc) is 2.79. The minimum Gasteiger partial charge on any atom is -0.506 e. The largest absolute Gasteiger partial charge is 0.506 e. The van der Waals surface area contributed by atoms with Crippen LogP contribution >= 0.6 is 0 Å². The number of fused-ring (bicyclic) bond motifs is 1. The number of benzene rings is 1. The van der Waals surface area contributed by atoms with Crippen molar-refractivity contribution in [1.29, 1.82) is 0 Å². The maximum atomic E-state index is 13.4. The molecule has 2 heterocycles. The Hall–Kier alpha value is -3.29. The van der Waals surface area contributed by atoms with Crippen molar-refractivity contribution < 1.29 is 19.8 Å². The van der Waals surface area contributed by atoms with E-state index >= 15 is 0 Å². The molecule has 0 spiro atoms. The highest BCUT2D eigenvalue weighted by Crippen LogP contribution is 2.34. The van der Waals surface area contributed by atoms with Crippen molar-refractivity contribution in [2.75, 3.05) is 11.9 Å². The molecule has 8 heteroatoms. The van der Waals surface area contributed by atoms with E-state index in [-0.39, 0.29) is 25.1 Å². The summed E-state index contributed by atoms with van der Waals surface area (Å²) in [6, 6.07) is 7.67. The smallest absolute Gasteiger partial charge is 0.407 e. The number of carbonyl (C=O) groups excluding carboxylic acids is 1. The Labute approximate surface area is 199 Å². The zero-order chi connectivity index (χ0) is 24.6. The zero-order valence-corrected chi connectivity index (χ0v) is 20.1. The third kappa shape index (κ3) is 4.54. The quantitative estimate of drug-likeness (QED) is 0.609. The fourth-order valence-corrected chi connectivity index (χ4v) is 5.24. The maximum absolute atomic E-state index is 13.4. The van der Waals surface area contributed by atoms with Gasteiger partial charge < -0.3 is 25.0 Å². The summed E-state index contributed by atoms with van der Waals surface area (Å²) in [4.78, 5) is 39.3. The van der Waals surface area contributed by atoms with Gasteiger partial charge in [0.25, 0.3) is 11.5 Å². The van der Waals surface area contributed by atoms with Crippen molar-refractivity contribution in [3.8, 4) is 5.75 Å². The van der Waals surface area contributed by atoms with Crippen LogP contribution in [0.2, 0.25) is 0 Å². The Balaban J connectivity index is 1.68. The lowest BCUT2D eigenvalue weighted by molar-refractivity contribution is 0.102. The van der Waals surface area contributed by atoms with E-state index in [2.05, 4.69) is 5.32 Å². The summed E-state index contributed by atoms with van der Waals surface area (Å²) in [6.45, 7) is 5.68. The lowest BCUT2D eigenvalue weighted by atomic mass is 9.84. The van der Waals surface area contributed by atoms with Crippen LogP contribution in [0.4, 0.5) is 10.5 Å². The summed E-state index contributed by atoms with van der Waals surface area (Å²) in [5, 5.41) is 23.1. The molecule has 1 saturated carbocycles. The van der Waals surface area contributed by atoms with E-state index < -0.39 is 28.8 Å². The first kappa shape index (κ1) is 23.9. The molecule has 1 aliphatic carbocycles. The third-order valence-electron chi connectivity index (χ3n) is 6.94. The van der Waals surface area contributed by atoms with Crippen molar-refractivity contribution in [2.45, 2.75) is 77.3 Å². The molecule has 0 unspecified atom stereocenters. The standard InChI is InChI=1S/C26H33N3O5/c1-26(2,3)29-20-13-14-28(25(33)34)15-19(20)22(30)21(24(29)32)23(31)27-18-11-9-17(10-12-18)16-7-5-4-6-8-16/h9-12,16,30H,4-8,13-15H2,1-3H3,(H,27,31)(H,33,34). The summed E-state index contributed by atoms with van der Waals surface area (Å²) in [5.74, 6) is -0.608. The molecule has 1 fully saturated rings. The second kappa shape index (κ2) is 9.16. The maximum Gasteiger partial charge on any atom is 0.407 e. The number of aromatic hydroxyl groups is 1. The summed E-state index contributed by atoms with van der Waals surface area (Å²) < 4.78 is 1.52. The lowest BCUT2D eigenvalue weighted by Gasteiger charge is -2.34. The van der Waals surface area contributed by atoms with Gasteiger partial charge in [-0.05, 0) is 57.2 Å². The number of hydrogen-bond donors (Lipinski definition) is 3. The first-order valence-electron chi connectivity index (χ1n) is 12.0. The number of anilines is 1. The normalized spacial score (nSPS) is 16.7. The molecule has 2 aromatic rings. The van der Waals surface area contributed by atoms with Crippen LogP contribution in [0.5, 0.6) is 5.75 Å². The van der Waals surface area contributed by atoms with Gasteiger partial charge in [-0.1, -0.05) is 31.4 Å². The van der Waals surface area contributed by atoms with Crippen LogP contribution in [0.25, 0.3) is 0 Å². The predicted octanol–water partition coefficient (Wildman–Crippen LogP) is 4.65. The number of carbonyl (C=O) groups is 2. The van der Waals surface area contributed by atoms with Crippen LogP contribution in [-0.4, -0.2) is 38.2 Å². The molecule has 0 atom stereocenters. The number of nitrogens with zero attached hydrogens (tertiary/aromatic N) is 2. The molecule has 1 aromatic heterocycles. The van der Waals surface area contributed by atoms with Gasteiger partial charge in [0, 0.05) is 35.4 Å². The second-order valence-corrected chi connectivity index (χ2v) is 10.3. The van der Waals surface area contributed by atoms with Crippen LogP contribution in [0.3, 0.4) is 0 Å². The number of amides is 2. The highest BCUT2D eigenvalue weighted by Gasteiger charge is 2.34. The van der Waals surface area contributed by atoms with Gasteiger partial charge in [0.05, 0.1) is 6.54 Å². The monoisotopic (exact) mass is 467 g/mol. The zero-order valence-electron chi connectivity index (χ0n) is 20.1. The molecule has 0 saturated heterocycles. The Kier molecular flexibility index (Phi) is 6.43. The molecule has 34 heavy (non-hydrogen) atoms. The molecule has 0 radical (unpaired) electrons. The topological polar surface area (TPSA) is 112 Å². The van der Waals surface area contributed by atoms with Crippen molar-refractivity contribution in [1.82, 2.24) is 9.47 Å². The first-order chi connectivity index (χ1) is 16.1. The molecule has 2 amide bonds. The molecular formula is C26H33N3O5. The van der Waals surface area contributed by atoms with Gasteiger partial charge in [-0.15, -0.1) is 0 Å². The molecule has 182 valence electrons. The Bertz CT molecular complexity index is 1150. The van der Waals surface area contributed by atoms with Gasteiger partial charge in [0.1, 0.15) is 11.3 Å². The Morgan fingerprint density at radius 2 is 1.71 bits per heavy atom. The minimum atomic E-state index is -1.11. The fraction of sp³-hybridized carbons (Fsp3) is 0.500. The lowest BCUT2D eigenvalue weighted by Crippen LogP contribution is -2.45. The molecule has 1 aromatic carbocycles. The van der Waals surface area contributed by atoms with Gasteiger partial charge in [-0.25, -0.2) is 4.79 Å². The molecule has 1 aliphatic heterocycles. The van der Waals surface area contributed by atoms with Crippen molar-refractivity contribution in [3.05, 3.63) is 57.0 Å². The molecule has 3 N–H and O–H groups in total. The molecular weight excluding hydrogens is 434 g/mol. The van der Waals surface area contributed by atoms with Crippen LogP contribution in [0.15, 0.2) is 29.1 Å². The number of rotatable bonds is 3. The number of nitrogens with one attached hydrogen (secondary N) is 1. The number of carboxylic acid groups (broad SMARTS) is 1. The second-order valence-electron chi connectivity index (χ2n) is 10.3. The number of aromatic nitrogens is 1. The van der Waals surface area contributed by atoms with Gasteiger partial charge in [0.15, 0.2) is 0 Å². The van der Waals surface area contributed by atoms with Crippen molar-refractivity contribution >= 4 is 17.7 Å². The van der Waals surface area contributed by atoms with E-state index in [9.17, 15) is 24.6 Å². The van der Waals surface area contributed by atoms with E-state index in [1.807, 2.05) is 45.0 Å². The van der Waals surface area contributed by atoms with Gasteiger partial charge >= 0.3 is 6.09 Å². The molecule has 4 rings (SSSR count). The summed E-state index contributed by atoms with van der Waals surface area (Å²) >= 11 is 0. The van der Waals surface area contributed by atoms with E-state index in [0.29, 0.717) is 22.9 Å². The van der Waals surface area contributed by atoms with E-state index in [0.717, 1.165) is 0 Å². The number of pyridine rings is 1. The van der Waals surface area contributed by atoms with Crippen LogP contribution in [0, 0.1) is 0 Å². The third-order valence-corrected chi connectivity index (χ3v) is 6.94. The molecule has 2 aliphatic rings. The van der Waals surface area contributed by atoms with Gasteiger partial charge in [-0.2, -0.15) is 0 Å². The molecule has 0 bridgehead atoms. The highest BCUT2D eigenvalue weighted by atomic mass is 16.4. The van der Waals surface area contributed by atoms with Crippen molar-refractivity contribution in [3.63, 3.8) is 0 Å². The van der Waals surface area contributed by atoms with E-state index in [1.54, 1.807) is 0 Å².